The number of hydrogen-bond acceptors (Lipinski definition) is 5. The number of ether oxygens (including phenoxy) is 1. The van der Waals surface area contributed by atoms with Crippen molar-refractivity contribution in [3.8, 4) is 5.75 Å². The van der Waals surface area contributed by atoms with Crippen molar-refractivity contribution < 1.29 is 23.5 Å². The number of amides is 4. The number of urea groups is 1. The second kappa shape index (κ2) is 6.79. The normalized spacial score (nSPS) is 18.3. The fourth-order valence-electron chi connectivity index (χ4n) is 3.37. The lowest BCUT2D eigenvalue weighted by Crippen LogP contribution is -2.55. The number of likely N-dealkylation sites (tertiary alicyclic amines) is 1. The number of imide groups is 1. The molecule has 140 valence electrons. The zero-order valence-corrected chi connectivity index (χ0v) is 14.6. The van der Waals surface area contributed by atoms with Crippen molar-refractivity contribution in [1.82, 2.24) is 15.5 Å². The molecule has 2 aromatic rings. The van der Waals surface area contributed by atoms with Crippen LogP contribution in [0.5, 0.6) is 5.75 Å². The number of furan rings is 1. The molecule has 4 rings (SSSR count). The van der Waals surface area contributed by atoms with Crippen molar-refractivity contribution in [2.75, 3.05) is 13.1 Å². The summed E-state index contributed by atoms with van der Waals surface area (Å²) >= 11 is 0. The summed E-state index contributed by atoms with van der Waals surface area (Å²) in [5.74, 6) is 0.953. The Morgan fingerprint density at radius 3 is 2.52 bits per heavy atom. The van der Waals surface area contributed by atoms with Crippen LogP contribution in [-0.2, 0) is 11.4 Å². The van der Waals surface area contributed by atoms with Gasteiger partial charge >= 0.3 is 6.03 Å². The van der Waals surface area contributed by atoms with Crippen molar-refractivity contribution in [3.63, 3.8) is 0 Å². The molecule has 2 fully saturated rings. The van der Waals surface area contributed by atoms with Gasteiger partial charge in [-0.25, -0.2) is 4.79 Å². The van der Waals surface area contributed by atoms with Crippen LogP contribution in [0.3, 0.4) is 0 Å². The third-order valence-electron chi connectivity index (χ3n) is 4.92. The van der Waals surface area contributed by atoms with Gasteiger partial charge in [-0.2, -0.15) is 0 Å². The first-order chi connectivity index (χ1) is 13.1. The summed E-state index contributed by atoms with van der Waals surface area (Å²) in [5.41, 5.74) is -0.897. The second-order valence-corrected chi connectivity index (χ2v) is 6.65. The molecule has 8 nitrogen and oxygen atoms in total. The van der Waals surface area contributed by atoms with Crippen molar-refractivity contribution in [1.29, 1.82) is 0 Å². The maximum atomic E-state index is 12.6. The molecule has 0 unspecified atom stereocenters. The molecule has 1 aromatic carbocycles. The van der Waals surface area contributed by atoms with Crippen LogP contribution in [0.4, 0.5) is 4.79 Å². The van der Waals surface area contributed by atoms with Crippen LogP contribution < -0.4 is 15.4 Å². The van der Waals surface area contributed by atoms with E-state index < -0.39 is 11.6 Å². The lowest BCUT2D eigenvalue weighted by Gasteiger charge is -2.36. The van der Waals surface area contributed by atoms with Gasteiger partial charge in [0.05, 0.1) is 0 Å². The van der Waals surface area contributed by atoms with E-state index in [2.05, 4.69) is 10.6 Å². The Morgan fingerprint density at radius 1 is 1.11 bits per heavy atom. The molecule has 0 saturated carbocycles. The number of benzene rings is 1. The molecule has 0 radical (unpaired) electrons. The van der Waals surface area contributed by atoms with E-state index in [1.165, 1.54) is 0 Å². The number of carbonyl (C=O) groups is 3. The topological polar surface area (TPSA) is 101 Å². The number of para-hydroxylation sites is 1. The molecule has 1 spiro atoms. The number of hydrogen-bond donors (Lipinski definition) is 2. The minimum atomic E-state index is -0.897. The molecule has 3 heterocycles. The summed E-state index contributed by atoms with van der Waals surface area (Å²) in [6.07, 6.45) is 0.752. The summed E-state index contributed by atoms with van der Waals surface area (Å²) in [6, 6.07) is 12.2. The predicted molar refractivity (Wildman–Crippen MR) is 94.0 cm³/mol. The molecule has 2 aliphatic heterocycles. The highest BCUT2D eigenvalue weighted by Gasteiger charge is 2.48. The van der Waals surface area contributed by atoms with Crippen LogP contribution in [0.25, 0.3) is 0 Å². The number of piperidine rings is 1. The number of nitrogens with zero attached hydrogens (tertiary/aromatic N) is 1. The first-order valence-electron chi connectivity index (χ1n) is 8.75. The van der Waals surface area contributed by atoms with E-state index in [0.717, 1.165) is 5.75 Å². The van der Waals surface area contributed by atoms with Crippen LogP contribution in [0.15, 0.2) is 46.9 Å². The average molecular weight is 369 g/mol. The Kier molecular flexibility index (Phi) is 4.31. The van der Waals surface area contributed by atoms with Gasteiger partial charge in [0.2, 0.25) is 0 Å². The van der Waals surface area contributed by atoms with Crippen LogP contribution >= 0.6 is 0 Å². The quantitative estimate of drug-likeness (QED) is 0.799. The maximum Gasteiger partial charge on any atom is 0.322 e. The van der Waals surface area contributed by atoms with E-state index >= 15 is 0 Å². The minimum Gasteiger partial charge on any atom is -0.486 e. The SMILES string of the molecule is O=C1NC(=O)C2(CCN(C(=O)c3ccc(COc4ccccc4)o3)CC2)N1. The van der Waals surface area contributed by atoms with Gasteiger partial charge in [0, 0.05) is 13.1 Å². The van der Waals surface area contributed by atoms with Gasteiger partial charge in [-0.05, 0) is 37.1 Å². The zero-order chi connectivity index (χ0) is 18.9. The first kappa shape index (κ1) is 17.1. The third kappa shape index (κ3) is 3.38. The summed E-state index contributed by atoms with van der Waals surface area (Å²) < 4.78 is 11.2. The Balaban J connectivity index is 1.35. The minimum absolute atomic E-state index is 0.229. The lowest BCUT2D eigenvalue weighted by atomic mass is 9.87. The molecule has 2 saturated heterocycles. The van der Waals surface area contributed by atoms with E-state index in [9.17, 15) is 14.4 Å². The van der Waals surface area contributed by atoms with Gasteiger partial charge in [0.25, 0.3) is 11.8 Å². The molecule has 27 heavy (non-hydrogen) atoms. The highest BCUT2D eigenvalue weighted by molar-refractivity contribution is 6.07. The molecule has 1 aromatic heterocycles. The monoisotopic (exact) mass is 369 g/mol. The van der Waals surface area contributed by atoms with Gasteiger partial charge in [0.1, 0.15) is 23.7 Å². The fraction of sp³-hybridized carbons (Fsp3) is 0.316. The molecule has 0 atom stereocenters. The van der Waals surface area contributed by atoms with Crippen LogP contribution in [0.2, 0.25) is 0 Å². The Bertz CT molecular complexity index is 868. The van der Waals surface area contributed by atoms with E-state index in [1.54, 1.807) is 17.0 Å². The molecular weight excluding hydrogens is 350 g/mol. The van der Waals surface area contributed by atoms with Crippen LogP contribution in [0, 0.1) is 0 Å². The Labute approximate surface area is 155 Å². The van der Waals surface area contributed by atoms with Crippen molar-refractivity contribution in [3.05, 3.63) is 54.0 Å². The van der Waals surface area contributed by atoms with Crippen molar-refractivity contribution >= 4 is 17.8 Å². The van der Waals surface area contributed by atoms with Crippen LogP contribution in [-0.4, -0.2) is 41.4 Å². The van der Waals surface area contributed by atoms with E-state index in [1.807, 2.05) is 30.3 Å². The van der Waals surface area contributed by atoms with E-state index in [-0.39, 0.29) is 24.2 Å². The van der Waals surface area contributed by atoms with E-state index in [4.69, 9.17) is 9.15 Å². The van der Waals surface area contributed by atoms with E-state index in [0.29, 0.717) is 31.7 Å². The average Bonchev–Trinajstić information content (AvgIpc) is 3.26. The molecule has 0 aliphatic carbocycles. The number of carbonyl (C=O) groups excluding carboxylic acids is 3. The summed E-state index contributed by atoms with van der Waals surface area (Å²) in [4.78, 5) is 37.6. The van der Waals surface area contributed by atoms with Gasteiger partial charge < -0.3 is 19.4 Å². The van der Waals surface area contributed by atoms with Gasteiger partial charge in [-0.3, -0.25) is 14.9 Å². The maximum absolute atomic E-state index is 12.6. The molecule has 0 bridgehead atoms. The number of nitrogens with one attached hydrogen (secondary N) is 2. The van der Waals surface area contributed by atoms with Gasteiger partial charge in [-0.1, -0.05) is 18.2 Å². The second-order valence-electron chi connectivity index (χ2n) is 6.65. The van der Waals surface area contributed by atoms with Crippen LogP contribution in [0.1, 0.15) is 29.2 Å². The Hall–Kier alpha value is -3.29. The molecular formula is C19H19N3O5. The smallest absolute Gasteiger partial charge is 0.322 e. The summed E-state index contributed by atoms with van der Waals surface area (Å²) in [7, 11) is 0. The highest BCUT2D eigenvalue weighted by atomic mass is 16.5. The molecule has 2 N–H and O–H groups in total. The molecule has 2 aliphatic rings. The fourth-order valence-corrected chi connectivity index (χ4v) is 3.37. The standard InChI is InChI=1S/C19H19N3O5/c23-16(22-10-8-19(9-11-22)17(24)20-18(25)21-19)15-7-6-14(27-15)12-26-13-4-2-1-3-5-13/h1-7H,8-12H2,(H2,20,21,24,25). The number of rotatable bonds is 4. The summed E-state index contributed by atoms with van der Waals surface area (Å²) in [5, 5.41) is 4.94. The largest absolute Gasteiger partial charge is 0.486 e. The predicted octanol–water partition coefficient (Wildman–Crippen LogP) is 1.67. The summed E-state index contributed by atoms with van der Waals surface area (Å²) in [6.45, 7) is 0.957. The van der Waals surface area contributed by atoms with Crippen molar-refractivity contribution in [2.45, 2.75) is 25.0 Å². The Morgan fingerprint density at radius 2 is 1.85 bits per heavy atom. The van der Waals surface area contributed by atoms with Crippen molar-refractivity contribution in [2.24, 2.45) is 0 Å². The molecule has 4 amide bonds. The highest BCUT2D eigenvalue weighted by Crippen LogP contribution is 2.26. The first-order valence-corrected chi connectivity index (χ1v) is 8.75. The van der Waals surface area contributed by atoms with Gasteiger partial charge in [-0.15, -0.1) is 0 Å². The lowest BCUT2D eigenvalue weighted by molar-refractivity contribution is -0.125. The zero-order valence-electron chi connectivity index (χ0n) is 14.6. The molecule has 8 heteroatoms. The third-order valence-corrected chi connectivity index (χ3v) is 4.92. The van der Waals surface area contributed by atoms with Gasteiger partial charge in [0.15, 0.2) is 5.76 Å².